The van der Waals surface area contributed by atoms with Gasteiger partial charge >= 0.3 is 0 Å². The van der Waals surface area contributed by atoms with E-state index in [0.29, 0.717) is 13.0 Å². The number of hydrogen-bond acceptors (Lipinski definition) is 3. The van der Waals surface area contributed by atoms with Gasteiger partial charge in [-0.1, -0.05) is 6.92 Å². The van der Waals surface area contributed by atoms with Crippen molar-refractivity contribution in [1.82, 2.24) is 0 Å². The van der Waals surface area contributed by atoms with E-state index in [-0.39, 0.29) is 12.0 Å². The Labute approximate surface area is 61.8 Å². The zero-order valence-corrected chi connectivity index (χ0v) is 6.42. The Morgan fingerprint density at radius 1 is 1.60 bits per heavy atom. The lowest BCUT2D eigenvalue weighted by Crippen LogP contribution is -2.34. The molecule has 0 aliphatic rings. The lowest BCUT2D eigenvalue weighted by Gasteiger charge is -2.17. The molecule has 0 heterocycles. The Balaban J connectivity index is 3.67. The third-order valence-electron chi connectivity index (χ3n) is 1.78. The Morgan fingerprint density at radius 3 is 2.50 bits per heavy atom. The summed E-state index contributed by atoms with van der Waals surface area (Å²) < 4.78 is 0. The molecule has 0 aromatic heterocycles. The van der Waals surface area contributed by atoms with E-state index in [9.17, 15) is 4.79 Å². The maximum absolute atomic E-state index is 10.1. The second-order valence-corrected chi connectivity index (χ2v) is 2.47. The molecule has 0 spiro atoms. The summed E-state index contributed by atoms with van der Waals surface area (Å²) in [7, 11) is 0. The van der Waals surface area contributed by atoms with Gasteiger partial charge in [-0.05, 0) is 18.9 Å². The molecule has 0 aliphatic heterocycles. The molecule has 2 atom stereocenters. The Kier molecular flexibility index (Phi) is 5.16. The predicted molar refractivity (Wildman–Crippen MR) is 41.5 cm³/mol. The summed E-state index contributed by atoms with van der Waals surface area (Å²) in [6, 6.07) is 0.0789. The van der Waals surface area contributed by atoms with E-state index in [2.05, 4.69) is 0 Å². The van der Waals surface area contributed by atoms with E-state index >= 15 is 0 Å². The molecule has 3 heteroatoms. The van der Waals surface area contributed by atoms with Gasteiger partial charge in [-0.25, -0.2) is 0 Å². The van der Waals surface area contributed by atoms with Gasteiger partial charge in [-0.15, -0.1) is 0 Å². The second-order valence-electron chi connectivity index (χ2n) is 2.47. The van der Waals surface area contributed by atoms with Crippen LogP contribution >= 0.6 is 0 Å². The maximum Gasteiger partial charge on any atom is 0.120 e. The summed E-state index contributed by atoms with van der Waals surface area (Å²) in [5, 5.41) is 0. The quantitative estimate of drug-likeness (QED) is 0.529. The van der Waals surface area contributed by atoms with E-state index in [4.69, 9.17) is 11.5 Å². The van der Waals surface area contributed by atoms with Gasteiger partial charge in [-0.3, -0.25) is 0 Å². The molecule has 0 saturated carbocycles. The molecule has 0 aliphatic carbocycles. The lowest BCUT2D eigenvalue weighted by molar-refractivity contribution is -0.108. The van der Waals surface area contributed by atoms with Crippen LogP contribution in [0.4, 0.5) is 0 Å². The summed E-state index contributed by atoms with van der Waals surface area (Å²) in [4.78, 5) is 10.1. The number of nitrogens with two attached hydrogens (primary N) is 2. The molecule has 0 saturated heterocycles. The maximum atomic E-state index is 10.1. The van der Waals surface area contributed by atoms with Crippen molar-refractivity contribution < 1.29 is 4.79 Å². The first-order valence-electron chi connectivity index (χ1n) is 3.65. The molecular weight excluding hydrogens is 128 g/mol. The van der Waals surface area contributed by atoms with Crippen LogP contribution in [-0.4, -0.2) is 18.9 Å². The summed E-state index contributed by atoms with van der Waals surface area (Å²) in [5.74, 6) is 0.169. The number of hydrogen-bond donors (Lipinski definition) is 2. The van der Waals surface area contributed by atoms with E-state index in [1.165, 1.54) is 0 Å². The van der Waals surface area contributed by atoms with E-state index in [1.54, 1.807) is 0 Å². The van der Waals surface area contributed by atoms with Gasteiger partial charge in [0.05, 0.1) is 0 Å². The topological polar surface area (TPSA) is 69.1 Å². The number of carbonyl (C=O) groups is 1. The standard InChI is InChI=1S/C7H16N2O/c1-2-7(9)6(5-8)3-4-10/h4,6-7H,2-3,5,8-9H2,1H3. The molecule has 0 amide bonds. The smallest absolute Gasteiger partial charge is 0.120 e. The predicted octanol–water partition coefficient (Wildman–Crippen LogP) is -0.112. The van der Waals surface area contributed by atoms with Crippen molar-refractivity contribution in [2.45, 2.75) is 25.8 Å². The second kappa shape index (κ2) is 5.38. The fourth-order valence-corrected chi connectivity index (χ4v) is 0.903. The fraction of sp³-hybridized carbons (Fsp3) is 0.857. The van der Waals surface area contributed by atoms with Gasteiger partial charge in [0, 0.05) is 12.5 Å². The van der Waals surface area contributed by atoms with Crippen molar-refractivity contribution in [3.63, 3.8) is 0 Å². The molecule has 0 aromatic rings. The van der Waals surface area contributed by atoms with Crippen LogP contribution in [0, 0.1) is 5.92 Å². The molecule has 3 nitrogen and oxygen atoms in total. The average Bonchev–Trinajstić information content (AvgIpc) is 1.99. The van der Waals surface area contributed by atoms with Crippen LogP contribution in [0.3, 0.4) is 0 Å². The average molecular weight is 144 g/mol. The van der Waals surface area contributed by atoms with Gasteiger partial charge in [0.1, 0.15) is 6.29 Å². The molecule has 10 heavy (non-hydrogen) atoms. The highest BCUT2D eigenvalue weighted by molar-refractivity contribution is 5.49. The largest absolute Gasteiger partial charge is 0.330 e. The number of rotatable bonds is 5. The van der Waals surface area contributed by atoms with Gasteiger partial charge in [0.2, 0.25) is 0 Å². The third-order valence-corrected chi connectivity index (χ3v) is 1.78. The molecule has 0 radical (unpaired) electrons. The number of carbonyl (C=O) groups excluding carboxylic acids is 1. The van der Waals surface area contributed by atoms with Crippen molar-refractivity contribution in [3.8, 4) is 0 Å². The SMILES string of the molecule is CCC(N)C(CN)CC=O. The highest BCUT2D eigenvalue weighted by atomic mass is 16.1. The van der Waals surface area contributed by atoms with Crippen molar-refractivity contribution in [2.24, 2.45) is 17.4 Å². The van der Waals surface area contributed by atoms with Gasteiger partial charge in [0.15, 0.2) is 0 Å². The summed E-state index contributed by atoms with van der Waals surface area (Å²) in [6.45, 7) is 2.51. The summed E-state index contributed by atoms with van der Waals surface area (Å²) >= 11 is 0. The molecule has 2 unspecified atom stereocenters. The van der Waals surface area contributed by atoms with E-state index in [0.717, 1.165) is 12.7 Å². The van der Waals surface area contributed by atoms with Crippen molar-refractivity contribution in [2.75, 3.05) is 6.54 Å². The number of aldehydes is 1. The first kappa shape index (κ1) is 9.59. The van der Waals surface area contributed by atoms with Crippen molar-refractivity contribution in [1.29, 1.82) is 0 Å². The van der Waals surface area contributed by atoms with Crippen LogP contribution in [-0.2, 0) is 4.79 Å². The zero-order chi connectivity index (χ0) is 7.98. The minimum absolute atomic E-state index is 0.0789. The molecule has 0 rings (SSSR count). The lowest BCUT2D eigenvalue weighted by atomic mass is 9.96. The van der Waals surface area contributed by atoms with Crippen LogP contribution in [0.15, 0.2) is 0 Å². The monoisotopic (exact) mass is 144 g/mol. The van der Waals surface area contributed by atoms with Gasteiger partial charge in [0.25, 0.3) is 0 Å². The molecular formula is C7H16N2O. The fourth-order valence-electron chi connectivity index (χ4n) is 0.903. The van der Waals surface area contributed by atoms with E-state index < -0.39 is 0 Å². The minimum Gasteiger partial charge on any atom is -0.330 e. The van der Waals surface area contributed by atoms with Crippen LogP contribution in [0.25, 0.3) is 0 Å². The first-order valence-corrected chi connectivity index (χ1v) is 3.65. The van der Waals surface area contributed by atoms with Crippen molar-refractivity contribution in [3.05, 3.63) is 0 Å². The highest BCUT2D eigenvalue weighted by Gasteiger charge is 2.12. The summed E-state index contributed by atoms with van der Waals surface area (Å²) in [5.41, 5.74) is 11.1. The first-order chi connectivity index (χ1) is 4.76. The molecule has 0 fully saturated rings. The summed E-state index contributed by atoms with van der Waals surface area (Å²) in [6.07, 6.45) is 2.26. The Hall–Kier alpha value is -0.410. The van der Waals surface area contributed by atoms with Gasteiger partial charge < -0.3 is 16.3 Å². The molecule has 4 N–H and O–H groups in total. The van der Waals surface area contributed by atoms with Crippen LogP contribution in [0.2, 0.25) is 0 Å². The van der Waals surface area contributed by atoms with Crippen LogP contribution < -0.4 is 11.5 Å². The molecule has 0 aromatic carbocycles. The van der Waals surface area contributed by atoms with Gasteiger partial charge in [-0.2, -0.15) is 0 Å². The zero-order valence-electron chi connectivity index (χ0n) is 6.42. The van der Waals surface area contributed by atoms with E-state index in [1.807, 2.05) is 6.92 Å². The van der Waals surface area contributed by atoms with Crippen LogP contribution in [0.5, 0.6) is 0 Å². The highest BCUT2D eigenvalue weighted by Crippen LogP contribution is 2.05. The Morgan fingerprint density at radius 2 is 2.20 bits per heavy atom. The molecule has 0 bridgehead atoms. The van der Waals surface area contributed by atoms with Crippen molar-refractivity contribution >= 4 is 6.29 Å². The minimum atomic E-state index is 0.0789. The normalized spacial score (nSPS) is 16.3. The Bertz CT molecular complexity index is 95.6. The third kappa shape index (κ3) is 2.94. The molecule has 60 valence electrons. The van der Waals surface area contributed by atoms with Crippen LogP contribution in [0.1, 0.15) is 19.8 Å².